The van der Waals surface area contributed by atoms with Crippen molar-refractivity contribution in [2.45, 2.75) is 77.2 Å². The predicted molar refractivity (Wildman–Crippen MR) is 110 cm³/mol. The van der Waals surface area contributed by atoms with Gasteiger partial charge < -0.3 is 15.0 Å². The van der Waals surface area contributed by atoms with Crippen LogP contribution in [0.4, 0.5) is 13.2 Å². The molecule has 31 heavy (non-hydrogen) atoms. The lowest BCUT2D eigenvalue weighted by atomic mass is 9.74. The molecule has 4 rings (SSSR count). The minimum absolute atomic E-state index is 0.0850. The number of amides is 1. The molecule has 1 saturated carbocycles. The molecule has 5 nitrogen and oxygen atoms in total. The number of nitrogens with zero attached hydrogens (tertiary/aromatic N) is 2. The van der Waals surface area contributed by atoms with E-state index in [9.17, 15) is 18.0 Å². The summed E-state index contributed by atoms with van der Waals surface area (Å²) in [5.74, 6) is 0.254. The molecule has 1 aliphatic carbocycles. The quantitative estimate of drug-likeness (QED) is 0.772. The van der Waals surface area contributed by atoms with Gasteiger partial charge in [0.15, 0.2) is 0 Å². The first-order chi connectivity index (χ1) is 14.7. The normalized spacial score (nSPS) is 27.5. The van der Waals surface area contributed by atoms with Gasteiger partial charge in [0, 0.05) is 56.7 Å². The highest BCUT2D eigenvalue weighted by Gasteiger charge is 2.49. The third-order valence-electron chi connectivity index (χ3n) is 7.43. The van der Waals surface area contributed by atoms with E-state index in [2.05, 4.69) is 24.1 Å². The molecule has 3 heterocycles. The highest BCUT2D eigenvalue weighted by atomic mass is 19.4. The van der Waals surface area contributed by atoms with E-state index >= 15 is 0 Å². The Morgan fingerprint density at radius 2 is 2.00 bits per heavy atom. The molecule has 2 fully saturated rings. The van der Waals surface area contributed by atoms with Gasteiger partial charge >= 0.3 is 6.18 Å². The van der Waals surface area contributed by atoms with Crippen molar-refractivity contribution in [3.63, 3.8) is 0 Å². The summed E-state index contributed by atoms with van der Waals surface area (Å²) in [4.78, 5) is 19.5. The Balaban J connectivity index is 1.48. The van der Waals surface area contributed by atoms with Gasteiger partial charge in [-0.2, -0.15) is 13.2 Å². The average Bonchev–Trinajstić information content (AvgIpc) is 3.17. The third kappa shape index (κ3) is 4.60. The lowest BCUT2D eigenvalue weighted by Crippen LogP contribution is -2.49. The Bertz CT molecular complexity index is 808. The van der Waals surface area contributed by atoms with E-state index in [0.29, 0.717) is 36.3 Å². The van der Waals surface area contributed by atoms with Gasteiger partial charge in [-0.05, 0) is 49.7 Å². The second-order valence-electron chi connectivity index (χ2n) is 9.61. The maximum Gasteiger partial charge on any atom is 0.417 e. The molecule has 1 aromatic heterocycles. The van der Waals surface area contributed by atoms with Crippen LogP contribution in [0.3, 0.4) is 0 Å². The SMILES string of the molecule is CC(C)[C@]1(C(=O)N2CCc3ncc(C(F)(F)F)cc3C2)CCC(NC2CCOCC2)C1. The number of nitrogens with one attached hydrogen (secondary N) is 1. The van der Waals surface area contributed by atoms with Gasteiger partial charge in [-0.1, -0.05) is 13.8 Å². The molecule has 0 radical (unpaired) electrons. The van der Waals surface area contributed by atoms with E-state index in [1.807, 2.05) is 0 Å². The standard InChI is InChI=1S/C23H32F3N3O2/c1-15(2)22(7-3-19(12-22)28-18-5-9-31-10-6-18)21(30)29-8-4-20-16(14-29)11-17(13-27-20)23(24,25)26/h11,13,15,18-19,28H,3-10,12,14H2,1-2H3/t19?,22-/m0/s1. The topological polar surface area (TPSA) is 54.5 Å². The molecule has 2 atom stereocenters. The van der Waals surface area contributed by atoms with Gasteiger partial charge in [-0.25, -0.2) is 0 Å². The zero-order chi connectivity index (χ0) is 22.2. The van der Waals surface area contributed by atoms with Crippen LogP contribution in [0.5, 0.6) is 0 Å². The molecule has 2 aliphatic heterocycles. The van der Waals surface area contributed by atoms with Crippen molar-refractivity contribution >= 4 is 5.91 Å². The third-order valence-corrected chi connectivity index (χ3v) is 7.43. The molecule has 1 N–H and O–H groups in total. The average molecular weight is 440 g/mol. The van der Waals surface area contributed by atoms with E-state index in [1.54, 1.807) is 4.90 Å². The van der Waals surface area contributed by atoms with Crippen LogP contribution in [-0.2, 0) is 28.7 Å². The van der Waals surface area contributed by atoms with E-state index in [0.717, 1.165) is 57.6 Å². The molecule has 1 unspecified atom stereocenters. The lowest BCUT2D eigenvalue weighted by Gasteiger charge is -2.39. The number of carbonyl (C=O) groups excluding carboxylic acids is 1. The minimum Gasteiger partial charge on any atom is -0.381 e. The summed E-state index contributed by atoms with van der Waals surface area (Å²) in [7, 11) is 0. The number of halogens is 3. The predicted octanol–water partition coefficient (Wildman–Crippen LogP) is 3.95. The molecule has 1 aromatic rings. The zero-order valence-electron chi connectivity index (χ0n) is 18.3. The Hall–Kier alpha value is -1.67. The summed E-state index contributed by atoms with van der Waals surface area (Å²) in [5, 5.41) is 3.74. The molecule has 172 valence electrons. The van der Waals surface area contributed by atoms with Crippen LogP contribution in [0.1, 0.15) is 62.8 Å². The lowest BCUT2D eigenvalue weighted by molar-refractivity contribution is -0.146. The molecule has 0 aromatic carbocycles. The van der Waals surface area contributed by atoms with Crippen LogP contribution >= 0.6 is 0 Å². The zero-order valence-corrected chi connectivity index (χ0v) is 18.3. The number of carbonyl (C=O) groups is 1. The van der Waals surface area contributed by atoms with Crippen LogP contribution < -0.4 is 5.32 Å². The van der Waals surface area contributed by atoms with Gasteiger partial charge in [0.1, 0.15) is 0 Å². The van der Waals surface area contributed by atoms with Gasteiger partial charge in [0.05, 0.1) is 11.0 Å². The Kier molecular flexibility index (Phi) is 6.32. The van der Waals surface area contributed by atoms with E-state index in [4.69, 9.17) is 4.74 Å². The van der Waals surface area contributed by atoms with Crippen LogP contribution in [-0.4, -0.2) is 47.6 Å². The summed E-state index contributed by atoms with van der Waals surface area (Å²) < 4.78 is 44.8. The van der Waals surface area contributed by atoms with Gasteiger partial charge in [-0.15, -0.1) is 0 Å². The summed E-state index contributed by atoms with van der Waals surface area (Å²) in [6.45, 7) is 6.46. The number of aromatic nitrogens is 1. The Morgan fingerprint density at radius 1 is 1.26 bits per heavy atom. The van der Waals surface area contributed by atoms with Crippen molar-refractivity contribution in [3.8, 4) is 0 Å². The van der Waals surface area contributed by atoms with Gasteiger partial charge in [-0.3, -0.25) is 9.78 Å². The summed E-state index contributed by atoms with van der Waals surface area (Å²) in [6, 6.07) is 1.89. The summed E-state index contributed by atoms with van der Waals surface area (Å²) in [5.41, 5.74) is -0.0277. The van der Waals surface area contributed by atoms with Crippen LogP contribution in [0.25, 0.3) is 0 Å². The first kappa shape index (κ1) is 22.5. The maximum absolute atomic E-state index is 13.7. The fraction of sp³-hybridized carbons (Fsp3) is 0.739. The molecule has 8 heteroatoms. The monoisotopic (exact) mass is 439 g/mol. The molecule has 0 spiro atoms. The highest BCUT2D eigenvalue weighted by Crippen LogP contribution is 2.46. The molecule has 3 aliphatic rings. The van der Waals surface area contributed by atoms with Crippen LogP contribution in [0, 0.1) is 11.3 Å². The maximum atomic E-state index is 13.7. The summed E-state index contributed by atoms with van der Waals surface area (Å²) >= 11 is 0. The Labute approximate surface area is 181 Å². The fourth-order valence-corrected chi connectivity index (χ4v) is 5.45. The second-order valence-corrected chi connectivity index (χ2v) is 9.61. The van der Waals surface area contributed by atoms with Crippen LogP contribution in [0.2, 0.25) is 0 Å². The molecular weight excluding hydrogens is 407 g/mol. The van der Waals surface area contributed by atoms with Crippen LogP contribution in [0.15, 0.2) is 12.3 Å². The smallest absolute Gasteiger partial charge is 0.381 e. The number of rotatable bonds is 4. The van der Waals surface area contributed by atoms with Crippen molar-refractivity contribution in [2.24, 2.45) is 11.3 Å². The Morgan fingerprint density at radius 3 is 2.68 bits per heavy atom. The fourth-order valence-electron chi connectivity index (χ4n) is 5.45. The number of hydrogen-bond donors (Lipinski definition) is 1. The first-order valence-electron chi connectivity index (χ1n) is 11.4. The van der Waals surface area contributed by atoms with Crippen molar-refractivity contribution in [3.05, 3.63) is 29.1 Å². The van der Waals surface area contributed by atoms with E-state index in [-0.39, 0.29) is 18.4 Å². The number of hydrogen-bond acceptors (Lipinski definition) is 4. The number of fused-ring (bicyclic) bond motifs is 1. The van der Waals surface area contributed by atoms with Crippen molar-refractivity contribution in [1.29, 1.82) is 0 Å². The number of ether oxygens (including phenoxy) is 1. The van der Waals surface area contributed by atoms with Crippen molar-refractivity contribution < 1.29 is 22.7 Å². The minimum atomic E-state index is -4.43. The van der Waals surface area contributed by atoms with E-state index in [1.165, 1.54) is 0 Å². The molecule has 1 amide bonds. The highest BCUT2D eigenvalue weighted by molar-refractivity contribution is 5.83. The first-order valence-corrected chi connectivity index (χ1v) is 11.4. The van der Waals surface area contributed by atoms with Gasteiger partial charge in [0.25, 0.3) is 0 Å². The summed E-state index contributed by atoms with van der Waals surface area (Å²) in [6.07, 6.45) is 1.51. The van der Waals surface area contributed by atoms with Crippen molar-refractivity contribution in [1.82, 2.24) is 15.2 Å². The second kappa shape index (κ2) is 8.70. The van der Waals surface area contributed by atoms with Gasteiger partial charge in [0.2, 0.25) is 5.91 Å². The number of pyridine rings is 1. The largest absolute Gasteiger partial charge is 0.417 e. The van der Waals surface area contributed by atoms with E-state index < -0.39 is 17.2 Å². The number of alkyl halides is 3. The molecular formula is C23H32F3N3O2. The van der Waals surface area contributed by atoms with Crippen molar-refractivity contribution in [2.75, 3.05) is 19.8 Å². The molecule has 1 saturated heterocycles. The molecule has 0 bridgehead atoms.